The van der Waals surface area contributed by atoms with Crippen LogP contribution in [0.15, 0.2) is 0 Å². The Hall–Kier alpha value is -0.160. The number of hydrogen-bond acceptors (Lipinski definition) is 4. The van der Waals surface area contributed by atoms with Gasteiger partial charge in [0, 0.05) is 13.2 Å². The van der Waals surface area contributed by atoms with Gasteiger partial charge >= 0.3 is 6.48 Å². The highest BCUT2D eigenvalue weighted by molar-refractivity contribution is 4.54. The zero-order chi connectivity index (χ0) is 10.3. The third-order valence-electron chi connectivity index (χ3n) is 0.982. The maximum atomic E-state index is 5.11. The van der Waals surface area contributed by atoms with Gasteiger partial charge in [0.05, 0.1) is 5.60 Å². The molecule has 0 aliphatic carbocycles. The fourth-order valence-corrected chi connectivity index (χ4v) is 0.559. The van der Waals surface area contributed by atoms with Crippen molar-refractivity contribution < 1.29 is 19.2 Å². The highest BCUT2D eigenvalue weighted by atomic mass is 17.3. The molecule has 0 amide bonds. The van der Waals surface area contributed by atoms with Gasteiger partial charge in [-0.1, -0.05) is 0 Å². The molecule has 80 valence electrons. The first kappa shape index (κ1) is 12.8. The molecule has 0 saturated heterocycles. The van der Waals surface area contributed by atoms with Crippen molar-refractivity contribution in [3.8, 4) is 0 Å². The van der Waals surface area contributed by atoms with Crippen molar-refractivity contribution in [3.63, 3.8) is 0 Å². The Morgan fingerprint density at radius 1 is 1.00 bits per heavy atom. The summed E-state index contributed by atoms with van der Waals surface area (Å²) in [6.07, 6.45) is 0. The predicted octanol–water partition coefficient (Wildman–Crippen LogP) is 2.09. The van der Waals surface area contributed by atoms with Crippen LogP contribution in [0.3, 0.4) is 0 Å². The van der Waals surface area contributed by atoms with Gasteiger partial charge in [0.25, 0.3) is 0 Å². The Morgan fingerprint density at radius 3 is 1.77 bits per heavy atom. The van der Waals surface area contributed by atoms with Crippen molar-refractivity contribution in [2.75, 3.05) is 13.2 Å². The molecule has 0 N–H and O–H groups in total. The van der Waals surface area contributed by atoms with Crippen LogP contribution >= 0.6 is 0 Å². The molecule has 4 heteroatoms. The molecule has 4 nitrogen and oxygen atoms in total. The van der Waals surface area contributed by atoms with Crippen LogP contribution in [0.2, 0.25) is 0 Å². The van der Waals surface area contributed by atoms with Gasteiger partial charge in [0.15, 0.2) is 0 Å². The first-order valence-electron chi connectivity index (χ1n) is 4.57. The molecule has 0 aliphatic heterocycles. The summed E-state index contributed by atoms with van der Waals surface area (Å²) in [5.41, 5.74) is -0.355. The van der Waals surface area contributed by atoms with Crippen molar-refractivity contribution in [1.29, 1.82) is 0 Å². The molecule has 0 spiro atoms. The first-order valence-corrected chi connectivity index (χ1v) is 4.57. The molecule has 0 unspecified atom stereocenters. The van der Waals surface area contributed by atoms with Gasteiger partial charge in [-0.25, -0.2) is 4.89 Å². The van der Waals surface area contributed by atoms with E-state index >= 15 is 0 Å². The van der Waals surface area contributed by atoms with Crippen LogP contribution in [0, 0.1) is 0 Å². The van der Waals surface area contributed by atoms with E-state index < -0.39 is 6.48 Å². The summed E-state index contributed by atoms with van der Waals surface area (Å²) in [5, 5.41) is 0. The quantitative estimate of drug-likeness (QED) is 0.367. The zero-order valence-corrected chi connectivity index (χ0v) is 9.12. The summed E-state index contributed by atoms with van der Waals surface area (Å²) in [6.45, 7) is 9.73. The SMILES string of the molecule is CCOC(OCC)OOC(C)(C)C. The fourth-order valence-electron chi connectivity index (χ4n) is 0.559. The monoisotopic (exact) mass is 192 g/mol. The van der Waals surface area contributed by atoms with Crippen LogP contribution in [-0.4, -0.2) is 25.3 Å². The standard InChI is InChI=1S/C9H20O4/c1-6-10-8(11-7-2)12-13-9(3,4)5/h8H,6-7H2,1-5H3. The second kappa shape index (κ2) is 6.32. The van der Waals surface area contributed by atoms with E-state index in [1.54, 1.807) is 0 Å². The molecular weight excluding hydrogens is 172 g/mol. The average molecular weight is 192 g/mol. The third kappa shape index (κ3) is 8.18. The van der Waals surface area contributed by atoms with Crippen molar-refractivity contribution in [3.05, 3.63) is 0 Å². The molecule has 13 heavy (non-hydrogen) atoms. The Kier molecular flexibility index (Phi) is 6.24. The molecule has 0 aliphatic rings. The highest BCUT2D eigenvalue weighted by Gasteiger charge is 2.16. The summed E-state index contributed by atoms with van der Waals surface area (Å²) in [4.78, 5) is 9.99. The molecule has 0 fully saturated rings. The summed E-state index contributed by atoms with van der Waals surface area (Å²) < 4.78 is 10.2. The first-order chi connectivity index (χ1) is 5.99. The summed E-state index contributed by atoms with van der Waals surface area (Å²) >= 11 is 0. The molecule has 0 heterocycles. The summed E-state index contributed by atoms with van der Waals surface area (Å²) in [6, 6.07) is 0. The molecule has 0 radical (unpaired) electrons. The predicted molar refractivity (Wildman–Crippen MR) is 49.0 cm³/mol. The number of hydrogen-bond donors (Lipinski definition) is 0. The largest absolute Gasteiger partial charge is 0.328 e. The molecule has 0 bridgehead atoms. The zero-order valence-electron chi connectivity index (χ0n) is 9.12. The summed E-state index contributed by atoms with van der Waals surface area (Å²) in [7, 11) is 0. The number of rotatable bonds is 6. The van der Waals surface area contributed by atoms with E-state index in [4.69, 9.17) is 19.2 Å². The maximum absolute atomic E-state index is 5.11. The van der Waals surface area contributed by atoms with Gasteiger partial charge < -0.3 is 9.47 Å². The van der Waals surface area contributed by atoms with Crippen LogP contribution in [0.5, 0.6) is 0 Å². The normalized spacial score (nSPS) is 12.5. The van der Waals surface area contributed by atoms with Crippen LogP contribution in [0.4, 0.5) is 0 Å². The van der Waals surface area contributed by atoms with Gasteiger partial charge in [-0.15, -0.1) is 0 Å². The van der Waals surface area contributed by atoms with E-state index in [2.05, 4.69) is 0 Å². The molecule has 0 atom stereocenters. The molecule has 0 rings (SSSR count). The van der Waals surface area contributed by atoms with Gasteiger partial charge in [0.1, 0.15) is 0 Å². The Bertz CT molecular complexity index is 113. The topological polar surface area (TPSA) is 36.9 Å². The highest BCUT2D eigenvalue weighted by Crippen LogP contribution is 2.10. The van der Waals surface area contributed by atoms with Crippen LogP contribution in [0.1, 0.15) is 34.6 Å². The van der Waals surface area contributed by atoms with Crippen LogP contribution in [0.25, 0.3) is 0 Å². The van der Waals surface area contributed by atoms with Crippen molar-refractivity contribution in [2.24, 2.45) is 0 Å². The van der Waals surface area contributed by atoms with Gasteiger partial charge in [-0.05, 0) is 34.6 Å². The average Bonchev–Trinajstić information content (AvgIpc) is 2.00. The Labute approximate surface area is 80.0 Å². The molecule has 0 aromatic rings. The smallest absolute Gasteiger partial charge is 0.301 e. The van der Waals surface area contributed by atoms with Crippen molar-refractivity contribution in [2.45, 2.75) is 46.7 Å². The second-order valence-corrected chi connectivity index (χ2v) is 3.49. The lowest BCUT2D eigenvalue weighted by atomic mass is 10.2. The van der Waals surface area contributed by atoms with Gasteiger partial charge in [-0.3, -0.25) is 0 Å². The maximum Gasteiger partial charge on any atom is 0.301 e. The third-order valence-corrected chi connectivity index (χ3v) is 0.982. The van der Waals surface area contributed by atoms with Gasteiger partial charge in [-0.2, -0.15) is 4.89 Å². The van der Waals surface area contributed by atoms with Crippen LogP contribution < -0.4 is 0 Å². The van der Waals surface area contributed by atoms with Gasteiger partial charge in [0.2, 0.25) is 0 Å². The molecule has 0 aromatic heterocycles. The summed E-state index contributed by atoms with van der Waals surface area (Å²) in [5.74, 6) is 0. The minimum Gasteiger partial charge on any atom is -0.328 e. The Morgan fingerprint density at radius 2 is 1.46 bits per heavy atom. The lowest BCUT2D eigenvalue weighted by molar-refractivity contribution is -0.470. The van der Waals surface area contributed by atoms with E-state index in [-0.39, 0.29) is 5.60 Å². The molecular formula is C9H20O4. The van der Waals surface area contributed by atoms with Crippen LogP contribution in [-0.2, 0) is 19.2 Å². The van der Waals surface area contributed by atoms with Crippen molar-refractivity contribution >= 4 is 0 Å². The van der Waals surface area contributed by atoms with E-state index in [1.807, 2.05) is 34.6 Å². The number of ether oxygens (including phenoxy) is 2. The minimum atomic E-state index is -0.728. The van der Waals surface area contributed by atoms with E-state index in [9.17, 15) is 0 Å². The Balaban J connectivity index is 3.68. The van der Waals surface area contributed by atoms with E-state index in [1.165, 1.54) is 0 Å². The lowest BCUT2D eigenvalue weighted by Gasteiger charge is -2.22. The minimum absolute atomic E-state index is 0.355. The fraction of sp³-hybridized carbons (Fsp3) is 1.00. The van der Waals surface area contributed by atoms with Crippen molar-refractivity contribution in [1.82, 2.24) is 0 Å². The molecule has 0 aromatic carbocycles. The van der Waals surface area contributed by atoms with E-state index in [0.29, 0.717) is 13.2 Å². The second-order valence-electron chi connectivity index (χ2n) is 3.49. The van der Waals surface area contributed by atoms with E-state index in [0.717, 1.165) is 0 Å². The lowest BCUT2D eigenvalue weighted by Crippen LogP contribution is -2.27. The molecule has 0 saturated carbocycles.